The summed E-state index contributed by atoms with van der Waals surface area (Å²) in [6.07, 6.45) is 0.661. The van der Waals surface area contributed by atoms with Gasteiger partial charge in [0.05, 0.1) is 0 Å². The van der Waals surface area contributed by atoms with Crippen LogP contribution in [0.1, 0.15) is 35.7 Å². The summed E-state index contributed by atoms with van der Waals surface area (Å²) in [5.41, 5.74) is -0.391. The van der Waals surface area contributed by atoms with Gasteiger partial charge in [0.25, 0.3) is 0 Å². The summed E-state index contributed by atoms with van der Waals surface area (Å²) < 4.78 is 19.9. The number of alkyl halides is 1. The summed E-state index contributed by atoms with van der Waals surface area (Å²) in [6.45, 7) is 2.31. The van der Waals surface area contributed by atoms with Gasteiger partial charge in [0.1, 0.15) is 5.67 Å². The van der Waals surface area contributed by atoms with E-state index in [1.807, 2.05) is 0 Å². The molecule has 0 unspecified atom stereocenters. The molecule has 0 amide bonds. The summed E-state index contributed by atoms with van der Waals surface area (Å²) in [5.74, 6) is -0.0842. The van der Waals surface area contributed by atoms with Crippen LogP contribution >= 0.6 is 0 Å². The molecular formula is C13H15FO2. The lowest BCUT2D eigenvalue weighted by atomic mass is 9.84. The molecule has 1 saturated heterocycles. The quantitative estimate of drug-likeness (QED) is 0.719. The Hall–Kier alpha value is -1.22. The van der Waals surface area contributed by atoms with E-state index in [1.165, 1.54) is 6.92 Å². The number of benzene rings is 1. The molecule has 2 nitrogen and oxygen atoms in total. The van der Waals surface area contributed by atoms with Crippen LogP contribution < -0.4 is 0 Å². The molecule has 0 aromatic heterocycles. The molecule has 1 aliphatic rings. The molecule has 1 aliphatic heterocycles. The zero-order valence-corrected chi connectivity index (χ0v) is 9.33. The Kier molecular flexibility index (Phi) is 3.06. The normalized spacial score (nSPS) is 19.4. The van der Waals surface area contributed by atoms with Crippen molar-refractivity contribution in [1.82, 2.24) is 0 Å². The molecule has 0 radical (unpaired) electrons. The van der Waals surface area contributed by atoms with Crippen LogP contribution in [0.3, 0.4) is 0 Å². The third kappa shape index (κ3) is 2.00. The molecule has 1 fully saturated rings. The number of carbonyl (C=O) groups excluding carboxylic acids is 1. The summed E-state index contributed by atoms with van der Waals surface area (Å²) in [7, 11) is 0. The number of carbonyl (C=O) groups is 1. The maximum atomic E-state index is 14.7. The molecule has 16 heavy (non-hydrogen) atoms. The smallest absolute Gasteiger partial charge is 0.160 e. The molecule has 0 saturated carbocycles. The van der Waals surface area contributed by atoms with E-state index in [2.05, 4.69) is 0 Å². The average Bonchev–Trinajstić information content (AvgIpc) is 2.30. The molecule has 0 atom stereocenters. The molecule has 1 aromatic rings. The van der Waals surface area contributed by atoms with Crippen molar-refractivity contribution in [2.75, 3.05) is 13.2 Å². The second-order valence-electron chi connectivity index (χ2n) is 4.18. The number of ketones is 1. The molecular weight excluding hydrogens is 207 g/mol. The summed E-state index contributed by atoms with van der Waals surface area (Å²) in [4.78, 5) is 11.5. The first kappa shape index (κ1) is 11.3. The van der Waals surface area contributed by atoms with Gasteiger partial charge >= 0.3 is 0 Å². The van der Waals surface area contributed by atoms with E-state index in [0.717, 1.165) is 0 Å². The lowest BCUT2D eigenvalue weighted by Gasteiger charge is -2.31. The predicted molar refractivity (Wildman–Crippen MR) is 59.3 cm³/mol. The minimum absolute atomic E-state index is 0.0842. The van der Waals surface area contributed by atoms with Gasteiger partial charge in [0.2, 0.25) is 0 Å². The maximum absolute atomic E-state index is 14.7. The van der Waals surface area contributed by atoms with Crippen molar-refractivity contribution < 1.29 is 13.9 Å². The van der Waals surface area contributed by atoms with E-state index in [0.29, 0.717) is 37.2 Å². The first-order valence-electron chi connectivity index (χ1n) is 5.50. The van der Waals surface area contributed by atoms with Crippen molar-refractivity contribution in [2.24, 2.45) is 0 Å². The Bertz CT molecular complexity index is 395. The highest BCUT2D eigenvalue weighted by atomic mass is 19.1. The second kappa shape index (κ2) is 4.34. The highest BCUT2D eigenvalue weighted by Crippen LogP contribution is 2.38. The predicted octanol–water partition coefficient (Wildman–Crippen LogP) is 2.86. The van der Waals surface area contributed by atoms with Gasteiger partial charge in [0, 0.05) is 31.6 Å². The van der Waals surface area contributed by atoms with Crippen LogP contribution in [0.25, 0.3) is 0 Å². The lowest BCUT2D eigenvalue weighted by molar-refractivity contribution is -0.0118. The van der Waals surface area contributed by atoms with Crippen molar-refractivity contribution in [3.05, 3.63) is 35.4 Å². The van der Waals surface area contributed by atoms with Gasteiger partial charge in [-0.3, -0.25) is 4.79 Å². The van der Waals surface area contributed by atoms with Crippen molar-refractivity contribution >= 4 is 5.78 Å². The van der Waals surface area contributed by atoms with Crippen molar-refractivity contribution in [1.29, 1.82) is 0 Å². The van der Waals surface area contributed by atoms with Crippen LogP contribution in [0.2, 0.25) is 0 Å². The van der Waals surface area contributed by atoms with Gasteiger partial charge in [-0.05, 0) is 12.5 Å². The maximum Gasteiger partial charge on any atom is 0.160 e. The van der Waals surface area contributed by atoms with E-state index in [9.17, 15) is 9.18 Å². The Morgan fingerprint density at radius 1 is 1.31 bits per heavy atom. The molecule has 1 aromatic carbocycles. The van der Waals surface area contributed by atoms with Gasteiger partial charge in [-0.15, -0.1) is 0 Å². The highest BCUT2D eigenvalue weighted by Gasteiger charge is 2.36. The van der Waals surface area contributed by atoms with Crippen LogP contribution in [0.15, 0.2) is 24.3 Å². The summed E-state index contributed by atoms with van der Waals surface area (Å²) in [6, 6.07) is 6.94. The van der Waals surface area contributed by atoms with Gasteiger partial charge in [-0.2, -0.15) is 0 Å². The Morgan fingerprint density at radius 2 is 1.94 bits per heavy atom. The van der Waals surface area contributed by atoms with Gasteiger partial charge in [0.15, 0.2) is 5.78 Å². The fraction of sp³-hybridized carbons (Fsp3) is 0.462. The SMILES string of the molecule is CC(=O)c1ccccc1C1(F)CCOCC1. The minimum Gasteiger partial charge on any atom is -0.381 e. The van der Waals surface area contributed by atoms with Crippen LogP contribution in [-0.4, -0.2) is 19.0 Å². The van der Waals surface area contributed by atoms with E-state index in [4.69, 9.17) is 4.74 Å². The third-order valence-corrected chi connectivity index (χ3v) is 3.07. The Balaban J connectivity index is 2.42. The molecule has 3 heteroatoms. The lowest BCUT2D eigenvalue weighted by Crippen LogP contribution is -2.30. The van der Waals surface area contributed by atoms with Crippen molar-refractivity contribution in [2.45, 2.75) is 25.4 Å². The second-order valence-corrected chi connectivity index (χ2v) is 4.18. The van der Waals surface area contributed by atoms with Crippen LogP contribution in [0.5, 0.6) is 0 Å². The fourth-order valence-corrected chi connectivity index (χ4v) is 2.15. The molecule has 1 heterocycles. The van der Waals surface area contributed by atoms with Gasteiger partial charge in [-0.25, -0.2) is 4.39 Å². The summed E-state index contributed by atoms with van der Waals surface area (Å²) >= 11 is 0. The largest absolute Gasteiger partial charge is 0.381 e. The molecule has 0 aliphatic carbocycles. The molecule has 86 valence electrons. The van der Waals surface area contributed by atoms with Crippen LogP contribution in [-0.2, 0) is 10.4 Å². The molecule has 0 bridgehead atoms. The highest BCUT2D eigenvalue weighted by molar-refractivity contribution is 5.95. The van der Waals surface area contributed by atoms with Crippen molar-refractivity contribution in [3.63, 3.8) is 0 Å². The number of rotatable bonds is 2. The molecule has 0 N–H and O–H groups in total. The van der Waals surface area contributed by atoms with Gasteiger partial charge in [-0.1, -0.05) is 24.3 Å². The monoisotopic (exact) mass is 222 g/mol. The topological polar surface area (TPSA) is 26.3 Å². The molecule has 2 rings (SSSR count). The van der Waals surface area contributed by atoms with E-state index < -0.39 is 5.67 Å². The zero-order chi connectivity index (χ0) is 11.6. The Morgan fingerprint density at radius 3 is 2.56 bits per heavy atom. The van der Waals surface area contributed by atoms with Gasteiger partial charge < -0.3 is 4.74 Å². The average molecular weight is 222 g/mol. The number of ether oxygens (including phenoxy) is 1. The number of Topliss-reactive ketones (excluding diaryl/α,β-unsaturated/α-hetero) is 1. The summed E-state index contributed by atoms with van der Waals surface area (Å²) in [5, 5.41) is 0. The van der Waals surface area contributed by atoms with Crippen LogP contribution in [0.4, 0.5) is 4.39 Å². The molecule has 0 spiro atoms. The minimum atomic E-state index is -1.40. The Labute approximate surface area is 94.4 Å². The standard InChI is InChI=1S/C13H15FO2/c1-10(15)11-4-2-3-5-12(11)13(14)6-8-16-9-7-13/h2-5H,6-9H2,1H3. The van der Waals surface area contributed by atoms with Crippen molar-refractivity contribution in [3.8, 4) is 0 Å². The number of halogens is 1. The number of hydrogen-bond donors (Lipinski definition) is 0. The third-order valence-electron chi connectivity index (χ3n) is 3.07. The van der Waals surface area contributed by atoms with E-state index in [-0.39, 0.29) is 5.78 Å². The zero-order valence-electron chi connectivity index (χ0n) is 9.33. The first-order chi connectivity index (χ1) is 7.63. The number of hydrogen-bond acceptors (Lipinski definition) is 2. The fourth-order valence-electron chi connectivity index (χ4n) is 2.15. The van der Waals surface area contributed by atoms with Crippen LogP contribution in [0, 0.1) is 0 Å². The van der Waals surface area contributed by atoms with E-state index >= 15 is 0 Å². The first-order valence-corrected chi connectivity index (χ1v) is 5.50. The van der Waals surface area contributed by atoms with E-state index in [1.54, 1.807) is 24.3 Å².